The highest BCUT2D eigenvalue weighted by atomic mass is 32.1. The second-order valence-corrected chi connectivity index (χ2v) is 4.94. The molecule has 4 nitrogen and oxygen atoms in total. The number of hydrogen-bond acceptors (Lipinski definition) is 5. The minimum absolute atomic E-state index is 0.0296. The van der Waals surface area contributed by atoms with Gasteiger partial charge in [-0.05, 0) is 6.42 Å². The molecule has 1 aliphatic heterocycles. The number of aryl methyl sites for hydroxylation is 1. The Balaban J connectivity index is 1.88. The Morgan fingerprint density at radius 2 is 2.56 bits per heavy atom. The topological polar surface area (TPSA) is 45.6 Å². The fourth-order valence-electron chi connectivity index (χ4n) is 1.85. The van der Waals surface area contributed by atoms with Crippen LogP contribution >= 0.6 is 11.3 Å². The largest absolute Gasteiger partial charge is 0.394 e. The third kappa shape index (κ3) is 3.01. The first-order chi connectivity index (χ1) is 7.81. The smallest absolute Gasteiger partial charge is 0.0933 e. The van der Waals surface area contributed by atoms with Crippen LogP contribution in [0.1, 0.15) is 17.6 Å². The highest BCUT2D eigenvalue weighted by molar-refractivity contribution is 7.09. The zero-order valence-electron chi connectivity index (χ0n) is 9.56. The van der Waals surface area contributed by atoms with Crippen LogP contribution in [0.3, 0.4) is 0 Å². The van der Waals surface area contributed by atoms with E-state index in [4.69, 9.17) is 9.84 Å². The molecule has 1 aliphatic rings. The lowest BCUT2D eigenvalue weighted by atomic mass is 10.2. The van der Waals surface area contributed by atoms with Crippen molar-refractivity contribution in [1.82, 2.24) is 9.88 Å². The lowest BCUT2D eigenvalue weighted by Crippen LogP contribution is -2.43. The van der Waals surface area contributed by atoms with Crippen molar-refractivity contribution in [2.24, 2.45) is 0 Å². The van der Waals surface area contributed by atoms with E-state index in [1.54, 1.807) is 11.3 Å². The molecule has 0 aromatic carbocycles. The SMILES string of the molecule is CCc1nc(CN2CCOC(CO)C2)cs1. The van der Waals surface area contributed by atoms with Gasteiger partial charge in [0.15, 0.2) is 0 Å². The maximum Gasteiger partial charge on any atom is 0.0933 e. The number of rotatable bonds is 4. The number of aliphatic hydroxyl groups excluding tert-OH is 1. The summed E-state index contributed by atoms with van der Waals surface area (Å²) >= 11 is 1.73. The van der Waals surface area contributed by atoms with Gasteiger partial charge in [0, 0.05) is 25.0 Å². The minimum Gasteiger partial charge on any atom is -0.394 e. The van der Waals surface area contributed by atoms with Gasteiger partial charge in [-0.2, -0.15) is 0 Å². The van der Waals surface area contributed by atoms with Crippen LogP contribution in [-0.2, 0) is 17.7 Å². The van der Waals surface area contributed by atoms with Crippen LogP contribution in [0.4, 0.5) is 0 Å². The third-order valence-electron chi connectivity index (χ3n) is 2.71. The molecule has 1 unspecified atom stereocenters. The first kappa shape index (κ1) is 12.0. The molecule has 1 aromatic heterocycles. The number of aromatic nitrogens is 1. The predicted octanol–water partition coefficient (Wildman–Crippen LogP) is 0.899. The van der Waals surface area contributed by atoms with E-state index in [-0.39, 0.29) is 12.7 Å². The van der Waals surface area contributed by atoms with Crippen LogP contribution < -0.4 is 0 Å². The standard InChI is InChI=1S/C11H18N2O2S/c1-2-11-12-9(8-16-11)5-13-3-4-15-10(6-13)7-14/h8,10,14H,2-7H2,1H3. The molecule has 0 amide bonds. The van der Waals surface area contributed by atoms with Crippen molar-refractivity contribution in [2.45, 2.75) is 26.0 Å². The molecule has 0 aliphatic carbocycles. The molecule has 0 bridgehead atoms. The summed E-state index contributed by atoms with van der Waals surface area (Å²) in [5.74, 6) is 0. The molecule has 2 heterocycles. The number of morpholine rings is 1. The van der Waals surface area contributed by atoms with Gasteiger partial charge in [0.05, 0.1) is 30.0 Å². The number of hydrogen-bond donors (Lipinski definition) is 1. The molecule has 1 fully saturated rings. The number of nitrogens with zero attached hydrogens (tertiary/aromatic N) is 2. The highest BCUT2D eigenvalue weighted by Gasteiger charge is 2.20. The van der Waals surface area contributed by atoms with Gasteiger partial charge in [0.2, 0.25) is 0 Å². The van der Waals surface area contributed by atoms with E-state index < -0.39 is 0 Å². The van der Waals surface area contributed by atoms with Crippen LogP contribution in [0.2, 0.25) is 0 Å². The molecule has 2 rings (SSSR count). The molecule has 1 N–H and O–H groups in total. The molecule has 1 atom stereocenters. The van der Waals surface area contributed by atoms with Crippen LogP contribution in [0.15, 0.2) is 5.38 Å². The molecule has 0 saturated carbocycles. The van der Waals surface area contributed by atoms with E-state index in [9.17, 15) is 0 Å². The van der Waals surface area contributed by atoms with Gasteiger partial charge in [-0.25, -0.2) is 4.98 Å². The first-order valence-electron chi connectivity index (χ1n) is 5.70. The van der Waals surface area contributed by atoms with Crippen molar-refractivity contribution in [1.29, 1.82) is 0 Å². The van der Waals surface area contributed by atoms with Crippen molar-refractivity contribution >= 4 is 11.3 Å². The van der Waals surface area contributed by atoms with Crippen LogP contribution in [-0.4, -0.2) is 47.4 Å². The number of ether oxygens (including phenoxy) is 1. The normalized spacial score (nSPS) is 22.5. The van der Waals surface area contributed by atoms with Gasteiger partial charge in [-0.3, -0.25) is 4.90 Å². The van der Waals surface area contributed by atoms with E-state index in [1.165, 1.54) is 5.01 Å². The van der Waals surface area contributed by atoms with E-state index in [0.29, 0.717) is 6.61 Å². The lowest BCUT2D eigenvalue weighted by molar-refractivity contribution is -0.0553. The zero-order chi connectivity index (χ0) is 11.4. The predicted molar refractivity (Wildman–Crippen MR) is 63.6 cm³/mol. The van der Waals surface area contributed by atoms with Gasteiger partial charge < -0.3 is 9.84 Å². The van der Waals surface area contributed by atoms with Crippen molar-refractivity contribution in [2.75, 3.05) is 26.3 Å². The Labute approximate surface area is 99.9 Å². The summed E-state index contributed by atoms with van der Waals surface area (Å²) in [7, 11) is 0. The van der Waals surface area contributed by atoms with Crippen LogP contribution in [0.5, 0.6) is 0 Å². The number of aliphatic hydroxyl groups is 1. The van der Waals surface area contributed by atoms with E-state index in [1.807, 2.05) is 0 Å². The molecule has 90 valence electrons. The van der Waals surface area contributed by atoms with E-state index in [2.05, 4.69) is 22.2 Å². The van der Waals surface area contributed by atoms with E-state index >= 15 is 0 Å². The third-order valence-corrected chi connectivity index (χ3v) is 3.76. The summed E-state index contributed by atoms with van der Waals surface area (Å²) in [6, 6.07) is 0. The summed E-state index contributed by atoms with van der Waals surface area (Å²) < 4.78 is 5.41. The fourth-order valence-corrected chi connectivity index (χ4v) is 2.58. The Kier molecular flexibility index (Phi) is 4.29. The molecular weight excluding hydrogens is 224 g/mol. The molecule has 5 heteroatoms. The Morgan fingerprint density at radius 1 is 1.69 bits per heavy atom. The van der Waals surface area contributed by atoms with Gasteiger partial charge in [-0.1, -0.05) is 6.92 Å². The molecule has 0 spiro atoms. The quantitative estimate of drug-likeness (QED) is 0.852. The molecule has 1 saturated heterocycles. The average Bonchev–Trinajstić information content (AvgIpc) is 2.77. The monoisotopic (exact) mass is 242 g/mol. The first-order valence-corrected chi connectivity index (χ1v) is 6.58. The summed E-state index contributed by atoms with van der Waals surface area (Å²) in [6.45, 7) is 5.53. The fraction of sp³-hybridized carbons (Fsp3) is 0.727. The maximum atomic E-state index is 9.05. The van der Waals surface area contributed by atoms with Crippen molar-refractivity contribution in [3.05, 3.63) is 16.1 Å². The van der Waals surface area contributed by atoms with Crippen LogP contribution in [0, 0.1) is 0 Å². The number of thiazole rings is 1. The molecule has 0 radical (unpaired) electrons. The maximum absolute atomic E-state index is 9.05. The summed E-state index contributed by atoms with van der Waals surface area (Å²) in [6.07, 6.45) is 0.977. The second kappa shape index (κ2) is 5.72. The highest BCUT2D eigenvalue weighted by Crippen LogP contribution is 2.14. The average molecular weight is 242 g/mol. The van der Waals surface area contributed by atoms with Gasteiger partial charge in [0.25, 0.3) is 0 Å². The van der Waals surface area contributed by atoms with Gasteiger partial charge in [0.1, 0.15) is 0 Å². The summed E-state index contributed by atoms with van der Waals surface area (Å²) in [5, 5.41) is 12.4. The van der Waals surface area contributed by atoms with Crippen molar-refractivity contribution in [3.8, 4) is 0 Å². The molecule has 1 aromatic rings. The van der Waals surface area contributed by atoms with E-state index in [0.717, 1.165) is 31.7 Å². The van der Waals surface area contributed by atoms with Gasteiger partial charge in [-0.15, -0.1) is 11.3 Å². The lowest BCUT2D eigenvalue weighted by Gasteiger charge is -2.31. The zero-order valence-corrected chi connectivity index (χ0v) is 10.4. The Bertz CT molecular complexity index is 330. The Hall–Kier alpha value is -0.490. The minimum atomic E-state index is -0.0296. The Morgan fingerprint density at radius 3 is 3.25 bits per heavy atom. The van der Waals surface area contributed by atoms with Crippen LogP contribution in [0.25, 0.3) is 0 Å². The molecular formula is C11H18N2O2S. The van der Waals surface area contributed by atoms with Crippen molar-refractivity contribution in [3.63, 3.8) is 0 Å². The van der Waals surface area contributed by atoms with Gasteiger partial charge >= 0.3 is 0 Å². The second-order valence-electron chi connectivity index (χ2n) is 4.00. The molecule has 16 heavy (non-hydrogen) atoms. The summed E-state index contributed by atoms with van der Waals surface area (Å²) in [4.78, 5) is 6.84. The van der Waals surface area contributed by atoms with Crippen molar-refractivity contribution < 1.29 is 9.84 Å². The summed E-state index contributed by atoms with van der Waals surface area (Å²) in [5.41, 5.74) is 1.14.